The molecule has 0 amide bonds. The quantitative estimate of drug-likeness (QED) is 0.934. The smallest absolute Gasteiger partial charge is 0.244 e. The molecule has 0 atom stereocenters. The van der Waals surface area contributed by atoms with Crippen LogP contribution in [0, 0.1) is 5.92 Å². The summed E-state index contributed by atoms with van der Waals surface area (Å²) in [5, 5.41) is 11.4. The average molecular weight is 283 g/mol. The monoisotopic (exact) mass is 283 g/mol. The first-order valence-corrected chi connectivity index (χ1v) is 7.47. The highest BCUT2D eigenvalue weighted by molar-refractivity contribution is 5.44. The molecule has 2 heterocycles. The number of fused-ring (bicyclic) bond motifs is 1. The lowest BCUT2D eigenvalue weighted by atomic mass is 10.0. The molecule has 1 aliphatic rings. The van der Waals surface area contributed by atoms with E-state index in [4.69, 9.17) is 0 Å². The Balaban J connectivity index is 1.74. The van der Waals surface area contributed by atoms with Gasteiger partial charge < -0.3 is 10.2 Å². The second-order valence-corrected chi connectivity index (χ2v) is 5.85. The maximum Gasteiger partial charge on any atom is 0.244 e. The van der Waals surface area contributed by atoms with Gasteiger partial charge in [0.1, 0.15) is 0 Å². The van der Waals surface area contributed by atoms with Gasteiger partial charge in [-0.05, 0) is 23.5 Å². The standard InChI is InChI=1S/C16H21N5/c1-12(2)9-17-16-19-15(10-18-20-16)21-8-7-13-5-3-4-6-14(13)11-21/h3-6,10,12H,7-9,11H2,1-2H3,(H,17,19,20). The van der Waals surface area contributed by atoms with E-state index in [0.29, 0.717) is 11.9 Å². The second kappa shape index (κ2) is 6.08. The highest BCUT2D eigenvalue weighted by Crippen LogP contribution is 2.22. The lowest BCUT2D eigenvalue weighted by Gasteiger charge is -2.29. The first-order valence-electron chi connectivity index (χ1n) is 7.47. The van der Waals surface area contributed by atoms with Gasteiger partial charge in [-0.1, -0.05) is 38.1 Å². The van der Waals surface area contributed by atoms with Crippen LogP contribution in [0.3, 0.4) is 0 Å². The van der Waals surface area contributed by atoms with Gasteiger partial charge in [0.15, 0.2) is 5.82 Å². The van der Waals surface area contributed by atoms with Crippen molar-refractivity contribution in [2.45, 2.75) is 26.8 Å². The molecule has 2 aromatic rings. The predicted octanol–water partition coefficient (Wildman–Crippen LogP) is 2.50. The van der Waals surface area contributed by atoms with Crippen LogP contribution >= 0.6 is 0 Å². The largest absolute Gasteiger partial charge is 0.353 e. The number of nitrogens with one attached hydrogen (secondary N) is 1. The van der Waals surface area contributed by atoms with Gasteiger partial charge in [0, 0.05) is 19.6 Å². The van der Waals surface area contributed by atoms with Gasteiger partial charge in [0.25, 0.3) is 0 Å². The summed E-state index contributed by atoms with van der Waals surface area (Å²) in [5.74, 6) is 2.06. The summed E-state index contributed by atoms with van der Waals surface area (Å²) in [6.45, 7) is 7.03. The van der Waals surface area contributed by atoms with E-state index in [0.717, 1.165) is 31.9 Å². The molecular formula is C16H21N5. The molecule has 1 aromatic carbocycles. The average Bonchev–Trinajstić information content (AvgIpc) is 2.53. The van der Waals surface area contributed by atoms with Crippen LogP contribution < -0.4 is 10.2 Å². The second-order valence-electron chi connectivity index (χ2n) is 5.85. The molecule has 0 fully saturated rings. The third-order valence-corrected chi connectivity index (χ3v) is 3.67. The fourth-order valence-corrected chi connectivity index (χ4v) is 2.51. The molecule has 1 aromatic heterocycles. The third kappa shape index (κ3) is 3.29. The van der Waals surface area contributed by atoms with Crippen LogP contribution in [0.5, 0.6) is 0 Å². The van der Waals surface area contributed by atoms with Crippen molar-refractivity contribution in [1.82, 2.24) is 15.2 Å². The fourth-order valence-electron chi connectivity index (χ4n) is 2.51. The Labute approximate surface area is 125 Å². The summed E-state index contributed by atoms with van der Waals surface area (Å²) in [6.07, 6.45) is 2.80. The van der Waals surface area contributed by atoms with Gasteiger partial charge in [-0.15, -0.1) is 5.10 Å². The predicted molar refractivity (Wildman–Crippen MR) is 84.4 cm³/mol. The Morgan fingerprint density at radius 1 is 1.24 bits per heavy atom. The van der Waals surface area contributed by atoms with Gasteiger partial charge >= 0.3 is 0 Å². The zero-order valence-electron chi connectivity index (χ0n) is 12.6. The molecule has 5 nitrogen and oxygen atoms in total. The normalized spacial score (nSPS) is 14.1. The van der Waals surface area contributed by atoms with E-state index in [1.54, 1.807) is 6.20 Å². The molecule has 0 saturated heterocycles. The van der Waals surface area contributed by atoms with Crippen LogP contribution in [0.1, 0.15) is 25.0 Å². The molecule has 0 radical (unpaired) electrons. The van der Waals surface area contributed by atoms with E-state index in [1.165, 1.54) is 11.1 Å². The molecule has 1 N–H and O–H groups in total. The van der Waals surface area contributed by atoms with E-state index in [9.17, 15) is 0 Å². The maximum atomic E-state index is 4.58. The molecule has 0 unspecified atom stereocenters. The Morgan fingerprint density at radius 3 is 2.86 bits per heavy atom. The number of hydrogen-bond acceptors (Lipinski definition) is 5. The summed E-state index contributed by atoms with van der Waals surface area (Å²) in [6, 6.07) is 8.60. The van der Waals surface area contributed by atoms with Crippen molar-refractivity contribution in [2.24, 2.45) is 5.92 Å². The Hall–Kier alpha value is -2.17. The van der Waals surface area contributed by atoms with Crippen molar-refractivity contribution in [3.05, 3.63) is 41.6 Å². The lowest BCUT2D eigenvalue weighted by molar-refractivity contribution is 0.679. The first kappa shape index (κ1) is 13.8. The van der Waals surface area contributed by atoms with Crippen molar-refractivity contribution >= 4 is 11.8 Å². The topological polar surface area (TPSA) is 53.9 Å². The summed E-state index contributed by atoms with van der Waals surface area (Å²) in [7, 11) is 0. The number of nitrogens with zero attached hydrogens (tertiary/aromatic N) is 4. The van der Waals surface area contributed by atoms with Gasteiger partial charge in [-0.25, -0.2) is 0 Å². The van der Waals surface area contributed by atoms with Crippen LogP contribution in [0.4, 0.5) is 11.8 Å². The van der Waals surface area contributed by atoms with Gasteiger partial charge in [-0.3, -0.25) is 0 Å². The molecule has 0 saturated carbocycles. The van der Waals surface area contributed by atoms with Crippen molar-refractivity contribution < 1.29 is 0 Å². The minimum atomic E-state index is 0.555. The number of anilines is 2. The minimum Gasteiger partial charge on any atom is -0.353 e. The van der Waals surface area contributed by atoms with Crippen molar-refractivity contribution in [3.63, 3.8) is 0 Å². The highest BCUT2D eigenvalue weighted by atomic mass is 15.3. The van der Waals surface area contributed by atoms with Crippen LogP contribution in [-0.4, -0.2) is 28.3 Å². The Kier molecular flexibility index (Phi) is 3.99. The van der Waals surface area contributed by atoms with Crippen LogP contribution in [0.2, 0.25) is 0 Å². The van der Waals surface area contributed by atoms with Crippen molar-refractivity contribution in [1.29, 1.82) is 0 Å². The summed E-state index contributed by atoms with van der Waals surface area (Å²) in [5.41, 5.74) is 2.81. The first-order chi connectivity index (χ1) is 10.2. The van der Waals surface area contributed by atoms with Crippen LogP contribution in [0.15, 0.2) is 30.5 Å². The lowest BCUT2D eigenvalue weighted by Crippen LogP contribution is -2.31. The van der Waals surface area contributed by atoms with Gasteiger partial charge in [0.2, 0.25) is 5.95 Å². The summed E-state index contributed by atoms with van der Waals surface area (Å²) >= 11 is 0. The van der Waals surface area contributed by atoms with E-state index < -0.39 is 0 Å². The number of rotatable bonds is 4. The van der Waals surface area contributed by atoms with E-state index >= 15 is 0 Å². The minimum absolute atomic E-state index is 0.555. The van der Waals surface area contributed by atoms with Crippen molar-refractivity contribution in [3.8, 4) is 0 Å². The van der Waals surface area contributed by atoms with Gasteiger partial charge in [0.05, 0.1) is 6.20 Å². The molecular weight excluding hydrogens is 262 g/mol. The zero-order valence-corrected chi connectivity index (χ0v) is 12.6. The number of benzene rings is 1. The summed E-state index contributed by atoms with van der Waals surface area (Å²) < 4.78 is 0. The molecule has 0 aliphatic carbocycles. The highest BCUT2D eigenvalue weighted by Gasteiger charge is 2.17. The van der Waals surface area contributed by atoms with Gasteiger partial charge in [-0.2, -0.15) is 10.1 Å². The van der Waals surface area contributed by atoms with Crippen LogP contribution in [-0.2, 0) is 13.0 Å². The van der Waals surface area contributed by atoms with E-state index in [-0.39, 0.29) is 0 Å². The third-order valence-electron chi connectivity index (χ3n) is 3.67. The fraction of sp³-hybridized carbons (Fsp3) is 0.438. The SMILES string of the molecule is CC(C)CNc1nncc(N2CCc3ccccc3C2)n1. The molecule has 0 bridgehead atoms. The maximum absolute atomic E-state index is 4.58. The molecule has 3 rings (SSSR count). The Bertz CT molecular complexity index is 611. The Morgan fingerprint density at radius 2 is 2.05 bits per heavy atom. The summed E-state index contributed by atoms with van der Waals surface area (Å²) in [4.78, 5) is 6.84. The van der Waals surface area contributed by atoms with Crippen LogP contribution in [0.25, 0.3) is 0 Å². The number of hydrogen-bond donors (Lipinski definition) is 1. The zero-order chi connectivity index (χ0) is 14.7. The van der Waals surface area contributed by atoms with E-state index in [2.05, 4.69) is 63.5 Å². The molecule has 0 spiro atoms. The molecule has 1 aliphatic heterocycles. The molecule has 21 heavy (non-hydrogen) atoms. The van der Waals surface area contributed by atoms with Crippen molar-refractivity contribution in [2.75, 3.05) is 23.3 Å². The molecule has 110 valence electrons. The number of aromatic nitrogens is 3. The molecule has 5 heteroatoms. The van der Waals surface area contributed by atoms with E-state index in [1.807, 2.05) is 0 Å².